The molecule has 0 unspecified atom stereocenters. The summed E-state index contributed by atoms with van der Waals surface area (Å²) in [4.78, 5) is 4.26. The normalized spacial score (nSPS) is 10.3. The first-order chi connectivity index (χ1) is 8.81. The summed E-state index contributed by atoms with van der Waals surface area (Å²) in [6.45, 7) is 0.570. The molecule has 0 atom stereocenters. The smallest absolute Gasteiger partial charge is 0.119 e. The molecule has 0 fully saturated rings. The lowest BCUT2D eigenvalue weighted by molar-refractivity contribution is 0.277. The van der Waals surface area contributed by atoms with Gasteiger partial charge in [-0.3, -0.25) is 0 Å². The zero-order chi connectivity index (χ0) is 12.8. The van der Waals surface area contributed by atoms with Crippen molar-refractivity contribution in [3.63, 3.8) is 0 Å². The Morgan fingerprint density at radius 3 is 2.56 bits per heavy atom. The number of rotatable bonds is 6. The third kappa shape index (κ3) is 3.45. The highest BCUT2D eigenvalue weighted by atomic mass is 32.1. The Kier molecular flexibility index (Phi) is 4.55. The highest BCUT2D eigenvalue weighted by Gasteiger charge is 2.01. The van der Waals surface area contributed by atoms with Crippen molar-refractivity contribution in [2.24, 2.45) is 0 Å². The van der Waals surface area contributed by atoms with Crippen molar-refractivity contribution >= 4 is 11.3 Å². The van der Waals surface area contributed by atoms with Gasteiger partial charge in [0, 0.05) is 11.8 Å². The van der Waals surface area contributed by atoms with Gasteiger partial charge >= 0.3 is 0 Å². The summed E-state index contributed by atoms with van der Waals surface area (Å²) in [5.74, 6) is 1.63. The minimum Gasteiger partial charge on any atom is -0.497 e. The molecule has 0 saturated carbocycles. The van der Waals surface area contributed by atoms with Crippen LogP contribution in [0, 0.1) is 0 Å². The lowest BCUT2D eigenvalue weighted by Gasteiger charge is -2.05. The van der Waals surface area contributed by atoms with Crippen molar-refractivity contribution in [2.45, 2.75) is 13.0 Å². The van der Waals surface area contributed by atoms with Crippen LogP contribution in [-0.2, 0) is 13.0 Å². The summed E-state index contributed by atoms with van der Waals surface area (Å²) in [5.41, 5.74) is 0.722. The number of aromatic nitrogens is 1. The van der Waals surface area contributed by atoms with Crippen molar-refractivity contribution in [1.82, 2.24) is 4.98 Å². The summed E-state index contributed by atoms with van der Waals surface area (Å²) in [6, 6.07) is 7.48. The molecule has 1 aromatic carbocycles. The maximum absolute atomic E-state index is 8.90. The van der Waals surface area contributed by atoms with Crippen LogP contribution < -0.4 is 9.47 Å². The molecule has 0 radical (unpaired) electrons. The number of hydrogen-bond donors (Lipinski definition) is 1. The molecule has 0 spiro atoms. The van der Waals surface area contributed by atoms with Crippen molar-refractivity contribution < 1.29 is 14.6 Å². The van der Waals surface area contributed by atoms with Crippen molar-refractivity contribution in [3.05, 3.63) is 40.3 Å². The van der Waals surface area contributed by atoms with E-state index in [2.05, 4.69) is 4.98 Å². The van der Waals surface area contributed by atoms with Gasteiger partial charge in [0.1, 0.15) is 11.5 Å². The molecule has 0 amide bonds. The molecular weight excluding hydrogens is 250 g/mol. The topological polar surface area (TPSA) is 51.6 Å². The number of aliphatic hydroxyl groups excluding tert-OH is 1. The van der Waals surface area contributed by atoms with E-state index < -0.39 is 0 Å². The average Bonchev–Trinajstić information content (AvgIpc) is 2.87. The van der Waals surface area contributed by atoms with Crippen LogP contribution in [0.5, 0.6) is 11.5 Å². The number of thiazole rings is 1. The van der Waals surface area contributed by atoms with E-state index in [1.807, 2.05) is 29.6 Å². The Labute approximate surface area is 110 Å². The van der Waals surface area contributed by atoms with E-state index in [1.54, 1.807) is 18.4 Å². The van der Waals surface area contributed by atoms with Gasteiger partial charge in [-0.05, 0) is 24.3 Å². The monoisotopic (exact) mass is 265 g/mol. The molecule has 0 bridgehead atoms. The minimum absolute atomic E-state index is 0.00413. The van der Waals surface area contributed by atoms with Crippen LogP contribution in [0.3, 0.4) is 0 Å². The van der Waals surface area contributed by atoms with Gasteiger partial charge in [-0.25, -0.2) is 4.98 Å². The lowest BCUT2D eigenvalue weighted by Crippen LogP contribution is -2.01. The maximum atomic E-state index is 8.90. The molecule has 2 aromatic rings. The third-order valence-corrected chi connectivity index (χ3v) is 3.36. The number of hydrogen-bond acceptors (Lipinski definition) is 5. The van der Waals surface area contributed by atoms with E-state index in [9.17, 15) is 0 Å². The Morgan fingerprint density at radius 2 is 1.94 bits per heavy atom. The molecular formula is C13H15NO3S. The number of nitrogens with zero attached hydrogens (tertiary/aromatic N) is 1. The quantitative estimate of drug-likeness (QED) is 0.870. The van der Waals surface area contributed by atoms with Crippen LogP contribution in [0.2, 0.25) is 0 Å². The zero-order valence-electron chi connectivity index (χ0n) is 10.1. The van der Waals surface area contributed by atoms with Crippen molar-refractivity contribution in [2.75, 3.05) is 13.7 Å². The van der Waals surface area contributed by atoms with Crippen LogP contribution >= 0.6 is 11.3 Å². The number of benzene rings is 1. The summed E-state index contributed by atoms with van der Waals surface area (Å²) in [6.07, 6.45) is 0.747. The molecule has 1 N–H and O–H groups in total. The molecule has 1 aromatic heterocycles. The maximum Gasteiger partial charge on any atom is 0.119 e. The molecule has 18 heavy (non-hydrogen) atoms. The van der Waals surface area contributed by atoms with Gasteiger partial charge in [-0.15, -0.1) is 11.3 Å². The molecule has 96 valence electrons. The van der Waals surface area contributed by atoms with Gasteiger partial charge in [-0.2, -0.15) is 0 Å². The Morgan fingerprint density at radius 1 is 1.22 bits per heavy atom. The summed E-state index contributed by atoms with van der Waals surface area (Å²) in [7, 11) is 1.64. The molecule has 0 saturated heterocycles. The molecule has 2 rings (SSSR count). The fourth-order valence-corrected chi connectivity index (χ4v) is 2.23. The van der Waals surface area contributed by atoms with Crippen LogP contribution in [0.4, 0.5) is 0 Å². The summed E-state index contributed by atoms with van der Waals surface area (Å²) < 4.78 is 10.7. The number of methoxy groups -OCH3 is 1. The predicted molar refractivity (Wildman–Crippen MR) is 70.2 cm³/mol. The first-order valence-electron chi connectivity index (χ1n) is 5.63. The van der Waals surface area contributed by atoms with E-state index in [0.717, 1.165) is 28.6 Å². The first kappa shape index (κ1) is 12.9. The first-order valence-corrected chi connectivity index (χ1v) is 6.51. The number of ether oxygens (including phenoxy) is 2. The molecule has 1 heterocycles. The standard InChI is InChI=1S/C13H15NO3S/c1-16-11-2-4-12(5-3-11)17-7-6-13-14-10(8-15)9-18-13/h2-5,9,15H,6-8H2,1H3. The highest BCUT2D eigenvalue weighted by Crippen LogP contribution is 2.17. The third-order valence-electron chi connectivity index (χ3n) is 2.41. The Hall–Kier alpha value is -1.59. The van der Waals surface area contributed by atoms with Crippen molar-refractivity contribution in [3.8, 4) is 11.5 Å². The summed E-state index contributed by atoms with van der Waals surface area (Å²) in [5, 5.41) is 11.7. The zero-order valence-corrected chi connectivity index (χ0v) is 10.9. The average molecular weight is 265 g/mol. The van der Waals surface area contributed by atoms with Gasteiger partial charge in [0.15, 0.2) is 0 Å². The second kappa shape index (κ2) is 6.37. The van der Waals surface area contributed by atoms with Gasteiger partial charge in [0.25, 0.3) is 0 Å². The largest absolute Gasteiger partial charge is 0.497 e. The minimum atomic E-state index is -0.00413. The van der Waals surface area contributed by atoms with Gasteiger partial charge < -0.3 is 14.6 Å². The fourth-order valence-electron chi connectivity index (χ4n) is 1.46. The SMILES string of the molecule is COc1ccc(OCCc2nc(CO)cs2)cc1. The van der Waals surface area contributed by atoms with Crippen molar-refractivity contribution in [1.29, 1.82) is 0 Å². The second-order valence-electron chi connectivity index (χ2n) is 3.66. The van der Waals surface area contributed by atoms with E-state index in [4.69, 9.17) is 14.6 Å². The molecule has 0 aliphatic rings. The fraction of sp³-hybridized carbons (Fsp3) is 0.308. The van der Waals surface area contributed by atoms with E-state index >= 15 is 0 Å². The Balaban J connectivity index is 1.80. The van der Waals surface area contributed by atoms with E-state index in [1.165, 1.54) is 0 Å². The molecule has 5 heteroatoms. The predicted octanol–water partition coefficient (Wildman–Crippen LogP) is 2.27. The van der Waals surface area contributed by atoms with Crippen LogP contribution in [0.25, 0.3) is 0 Å². The number of aliphatic hydroxyl groups is 1. The van der Waals surface area contributed by atoms with E-state index in [0.29, 0.717) is 6.61 Å². The molecule has 4 nitrogen and oxygen atoms in total. The van der Waals surface area contributed by atoms with Gasteiger partial charge in [-0.1, -0.05) is 0 Å². The van der Waals surface area contributed by atoms with E-state index in [-0.39, 0.29) is 6.61 Å². The van der Waals surface area contributed by atoms with Gasteiger partial charge in [0.05, 0.1) is 31.0 Å². The van der Waals surface area contributed by atoms with Crippen LogP contribution in [0.1, 0.15) is 10.7 Å². The highest BCUT2D eigenvalue weighted by molar-refractivity contribution is 7.09. The van der Waals surface area contributed by atoms with Gasteiger partial charge in [0.2, 0.25) is 0 Å². The molecule has 0 aliphatic heterocycles. The molecule has 0 aliphatic carbocycles. The summed E-state index contributed by atoms with van der Waals surface area (Å²) >= 11 is 1.54. The second-order valence-corrected chi connectivity index (χ2v) is 4.61. The van der Waals surface area contributed by atoms with Crippen LogP contribution in [0.15, 0.2) is 29.6 Å². The Bertz CT molecular complexity index is 481. The van der Waals surface area contributed by atoms with Crippen LogP contribution in [-0.4, -0.2) is 23.8 Å². The lowest BCUT2D eigenvalue weighted by atomic mass is 10.3.